The molecule has 2 heterocycles. The number of pyridine rings is 1. The molecule has 0 aliphatic heterocycles. The van der Waals surface area contributed by atoms with Gasteiger partial charge in [-0.05, 0) is 57.3 Å². The van der Waals surface area contributed by atoms with Gasteiger partial charge in [0.15, 0.2) is 0 Å². The van der Waals surface area contributed by atoms with E-state index < -0.39 is 0 Å². The summed E-state index contributed by atoms with van der Waals surface area (Å²) in [5, 5.41) is 5.20. The van der Waals surface area contributed by atoms with Crippen LogP contribution in [0, 0.1) is 6.57 Å². The molecule has 6 aromatic rings. The summed E-state index contributed by atoms with van der Waals surface area (Å²) >= 11 is 1.85. The lowest BCUT2D eigenvalue weighted by molar-refractivity contribution is 1.34. The van der Waals surface area contributed by atoms with Gasteiger partial charge in [-0.15, -0.1) is 11.3 Å². The fraction of sp³-hybridized carbons (Fsp3) is 0. The monoisotopic (exact) mass is 412 g/mol. The zero-order valence-electron chi connectivity index (χ0n) is 16.5. The van der Waals surface area contributed by atoms with E-state index in [1.54, 1.807) is 6.20 Å². The van der Waals surface area contributed by atoms with Crippen LogP contribution in [-0.2, 0) is 0 Å². The molecular formula is C28H16N2S. The smallest absolute Gasteiger partial charge is 0.205 e. The summed E-state index contributed by atoms with van der Waals surface area (Å²) < 4.78 is 2.62. The molecule has 0 spiro atoms. The molecule has 0 aliphatic rings. The SMILES string of the molecule is [C-]#[N+]c1cncc(-c2cccc(-c3cc4sc5ccccc5c4c4ccccc34)c2)c1. The standard InChI is InChI=1S/C28H16N2S/c1-29-21-14-20(16-30-17-21)18-7-6-8-19(13-18)25-15-27-28(23-10-3-2-9-22(23)25)24-11-4-5-12-26(24)31-27/h2-17H. The molecule has 0 radical (unpaired) electrons. The first-order valence-corrected chi connectivity index (χ1v) is 10.9. The van der Waals surface area contributed by atoms with E-state index in [0.717, 1.165) is 11.1 Å². The highest BCUT2D eigenvalue weighted by Crippen LogP contribution is 2.43. The van der Waals surface area contributed by atoms with Gasteiger partial charge in [0, 0.05) is 32.6 Å². The molecular weight excluding hydrogens is 396 g/mol. The molecule has 0 saturated carbocycles. The molecule has 0 N–H and O–H groups in total. The maximum Gasteiger partial charge on any atom is 0.205 e. The van der Waals surface area contributed by atoms with Gasteiger partial charge in [-0.25, -0.2) is 4.85 Å². The van der Waals surface area contributed by atoms with Crippen molar-refractivity contribution < 1.29 is 0 Å². The molecule has 3 heteroatoms. The van der Waals surface area contributed by atoms with Crippen molar-refractivity contribution in [1.29, 1.82) is 0 Å². The van der Waals surface area contributed by atoms with Crippen LogP contribution in [-0.4, -0.2) is 4.98 Å². The number of hydrogen-bond acceptors (Lipinski definition) is 2. The van der Waals surface area contributed by atoms with Gasteiger partial charge >= 0.3 is 0 Å². The Labute approximate surface area is 183 Å². The maximum absolute atomic E-state index is 7.28. The predicted molar refractivity (Wildman–Crippen MR) is 132 cm³/mol. The second-order valence-corrected chi connectivity index (χ2v) is 8.65. The van der Waals surface area contributed by atoms with Crippen molar-refractivity contribution in [1.82, 2.24) is 4.98 Å². The zero-order chi connectivity index (χ0) is 20.8. The largest absolute Gasteiger partial charge is 0.276 e. The highest BCUT2D eigenvalue weighted by Gasteiger charge is 2.13. The van der Waals surface area contributed by atoms with Crippen LogP contribution in [0.5, 0.6) is 0 Å². The summed E-state index contributed by atoms with van der Waals surface area (Å²) in [5.74, 6) is 0. The van der Waals surface area contributed by atoms with E-state index in [4.69, 9.17) is 6.57 Å². The summed E-state index contributed by atoms with van der Waals surface area (Å²) in [6.07, 6.45) is 3.42. The fourth-order valence-corrected chi connectivity index (χ4v) is 5.50. The molecule has 31 heavy (non-hydrogen) atoms. The minimum Gasteiger partial charge on any atom is -0.276 e. The van der Waals surface area contributed by atoms with Gasteiger partial charge in [-0.3, -0.25) is 4.98 Å². The Morgan fingerprint density at radius 2 is 1.42 bits per heavy atom. The molecule has 144 valence electrons. The lowest BCUT2D eigenvalue weighted by Crippen LogP contribution is -1.85. The van der Waals surface area contributed by atoms with Crippen LogP contribution in [0.4, 0.5) is 5.69 Å². The minimum absolute atomic E-state index is 0.556. The third-order valence-corrected chi connectivity index (χ3v) is 6.86. The molecule has 2 aromatic heterocycles. The highest BCUT2D eigenvalue weighted by atomic mass is 32.1. The Hall–Kier alpha value is -4.00. The van der Waals surface area contributed by atoms with Gasteiger partial charge < -0.3 is 0 Å². The normalized spacial score (nSPS) is 11.2. The topological polar surface area (TPSA) is 17.2 Å². The molecule has 0 amide bonds. The predicted octanol–water partition coefficient (Wildman–Crippen LogP) is 8.49. The summed E-state index contributed by atoms with van der Waals surface area (Å²) in [5.41, 5.74) is 4.98. The van der Waals surface area contributed by atoms with Gasteiger partial charge in [-0.1, -0.05) is 60.7 Å². The Balaban J connectivity index is 1.63. The Kier molecular flexibility index (Phi) is 4.06. The van der Waals surface area contributed by atoms with Crippen LogP contribution in [0.15, 0.2) is 97.3 Å². The van der Waals surface area contributed by atoms with Gasteiger partial charge in [0.2, 0.25) is 5.69 Å². The van der Waals surface area contributed by atoms with Crippen molar-refractivity contribution >= 4 is 48.0 Å². The number of benzene rings is 4. The van der Waals surface area contributed by atoms with E-state index in [-0.39, 0.29) is 0 Å². The summed E-state index contributed by atoms with van der Waals surface area (Å²) in [7, 11) is 0. The quantitative estimate of drug-likeness (QED) is 0.261. The Bertz CT molecular complexity index is 1650. The summed E-state index contributed by atoms with van der Waals surface area (Å²) in [6.45, 7) is 7.28. The maximum atomic E-state index is 7.28. The van der Waals surface area contributed by atoms with Crippen molar-refractivity contribution in [2.75, 3.05) is 0 Å². The molecule has 2 nitrogen and oxygen atoms in total. The average molecular weight is 413 g/mol. The molecule has 0 saturated heterocycles. The van der Waals surface area contributed by atoms with Crippen molar-refractivity contribution in [2.24, 2.45) is 0 Å². The lowest BCUT2D eigenvalue weighted by atomic mass is 9.93. The minimum atomic E-state index is 0.556. The third-order valence-electron chi connectivity index (χ3n) is 5.74. The third kappa shape index (κ3) is 2.89. The van der Waals surface area contributed by atoms with Gasteiger partial charge in [0.1, 0.15) is 0 Å². The first-order chi connectivity index (χ1) is 15.3. The zero-order valence-corrected chi connectivity index (χ0v) is 17.4. The number of nitrogens with zero attached hydrogens (tertiary/aromatic N) is 2. The van der Waals surface area contributed by atoms with Gasteiger partial charge in [0.25, 0.3) is 0 Å². The summed E-state index contributed by atoms with van der Waals surface area (Å²) in [6, 6.07) is 30.1. The molecule has 0 bridgehead atoms. The van der Waals surface area contributed by atoms with E-state index in [2.05, 4.69) is 88.7 Å². The number of hydrogen-bond donors (Lipinski definition) is 0. The second-order valence-electron chi connectivity index (χ2n) is 7.57. The number of thiophene rings is 1. The van der Waals surface area contributed by atoms with E-state index in [0.29, 0.717) is 5.69 Å². The van der Waals surface area contributed by atoms with Crippen LogP contribution in [0.2, 0.25) is 0 Å². The van der Waals surface area contributed by atoms with Crippen molar-refractivity contribution in [3.63, 3.8) is 0 Å². The Morgan fingerprint density at radius 1 is 0.645 bits per heavy atom. The first-order valence-electron chi connectivity index (χ1n) is 10.1. The number of fused-ring (bicyclic) bond motifs is 5. The van der Waals surface area contributed by atoms with Crippen LogP contribution in [0.25, 0.3) is 58.0 Å². The molecule has 4 aromatic carbocycles. The number of rotatable bonds is 2. The Morgan fingerprint density at radius 3 is 2.29 bits per heavy atom. The van der Waals surface area contributed by atoms with Crippen LogP contribution in [0.1, 0.15) is 0 Å². The van der Waals surface area contributed by atoms with Crippen molar-refractivity contribution in [3.8, 4) is 22.3 Å². The van der Waals surface area contributed by atoms with E-state index in [1.807, 2.05) is 23.6 Å². The van der Waals surface area contributed by atoms with Gasteiger partial charge in [0.05, 0.1) is 6.57 Å². The van der Waals surface area contributed by atoms with E-state index in [9.17, 15) is 0 Å². The summed E-state index contributed by atoms with van der Waals surface area (Å²) in [4.78, 5) is 7.76. The van der Waals surface area contributed by atoms with Crippen LogP contribution < -0.4 is 0 Å². The molecule has 6 rings (SSSR count). The molecule has 0 atom stereocenters. The fourth-order valence-electron chi connectivity index (χ4n) is 4.34. The average Bonchev–Trinajstić information content (AvgIpc) is 3.22. The lowest BCUT2D eigenvalue weighted by Gasteiger charge is -2.11. The molecule has 0 fully saturated rings. The second kappa shape index (κ2) is 7.05. The molecule has 0 aliphatic carbocycles. The van der Waals surface area contributed by atoms with Gasteiger partial charge in [-0.2, -0.15) is 0 Å². The van der Waals surface area contributed by atoms with Crippen molar-refractivity contribution in [3.05, 3.63) is 109 Å². The first kappa shape index (κ1) is 17.8. The van der Waals surface area contributed by atoms with E-state index in [1.165, 1.54) is 42.1 Å². The van der Waals surface area contributed by atoms with Crippen LogP contribution in [0.3, 0.4) is 0 Å². The van der Waals surface area contributed by atoms with Crippen LogP contribution >= 0.6 is 11.3 Å². The highest BCUT2D eigenvalue weighted by molar-refractivity contribution is 7.26. The van der Waals surface area contributed by atoms with E-state index >= 15 is 0 Å². The number of aromatic nitrogens is 1. The van der Waals surface area contributed by atoms with Crippen molar-refractivity contribution in [2.45, 2.75) is 0 Å². The molecule has 0 unspecified atom stereocenters.